The Hall–Kier alpha value is -2.57. The molecule has 2 unspecified atom stereocenters. The maximum Gasteiger partial charge on any atom is 0.140 e. The molecule has 2 aliphatic rings. The molecule has 0 spiro atoms. The van der Waals surface area contributed by atoms with Crippen LogP contribution in [0.1, 0.15) is 68.1 Å². The van der Waals surface area contributed by atoms with Gasteiger partial charge in [-0.25, -0.2) is 0 Å². The fourth-order valence-electron chi connectivity index (χ4n) is 5.82. The van der Waals surface area contributed by atoms with E-state index in [9.17, 15) is 0 Å². The molecule has 6 heteroatoms. The summed E-state index contributed by atoms with van der Waals surface area (Å²) < 4.78 is 10.5. The van der Waals surface area contributed by atoms with E-state index >= 15 is 0 Å². The van der Waals surface area contributed by atoms with Crippen molar-refractivity contribution in [3.8, 4) is 5.75 Å². The molecule has 6 nitrogen and oxygen atoms in total. The van der Waals surface area contributed by atoms with Crippen LogP contribution < -0.4 is 4.74 Å². The molecule has 206 valence electrons. The molecule has 0 radical (unpaired) electrons. The molecule has 2 atom stereocenters. The number of aromatic nitrogens is 3. The number of fused-ring (bicyclic) bond motifs is 2. The van der Waals surface area contributed by atoms with Gasteiger partial charge in [0.2, 0.25) is 0 Å². The van der Waals surface area contributed by atoms with Crippen molar-refractivity contribution in [3.05, 3.63) is 58.7 Å². The van der Waals surface area contributed by atoms with Gasteiger partial charge in [-0.05, 0) is 79.3 Å². The van der Waals surface area contributed by atoms with Gasteiger partial charge in [0.15, 0.2) is 0 Å². The van der Waals surface area contributed by atoms with Crippen molar-refractivity contribution in [3.63, 3.8) is 0 Å². The van der Waals surface area contributed by atoms with E-state index in [1.54, 1.807) is 7.11 Å². The number of methoxy groups -OCH3 is 1. The zero-order valence-corrected chi connectivity index (χ0v) is 24.1. The highest BCUT2D eigenvalue weighted by atomic mass is 16.5. The van der Waals surface area contributed by atoms with E-state index in [0.29, 0.717) is 0 Å². The smallest absolute Gasteiger partial charge is 0.140 e. The number of ether oxygens (including phenoxy) is 2. The largest absolute Gasteiger partial charge is 0.492 e. The maximum absolute atomic E-state index is 5.49. The van der Waals surface area contributed by atoms with E-state index in [2.05, 4.69) is 60.8 Å². The molecule has 38 heavy (non-hydrogen) atoms. The molecule has 0 aliphatic carbocycles. The van der Waals surface area contributed by atoms with Crippen molar-refractivity contribution >= 4 is 11.0 Å². The molecule has 0 amide bonds. The lowest BCUT2D eigenvalue weighted by atomic mass is 9.92. The molecule has 5 heterocycles. The molecule has 5 rings (SSSR count). The van der Waals surface area contributed by atoms with Crippen molar-refractivity contribution in [2.75, 3.05) is 40.0 Å². The first-order chi connectivity index (χ1) is 18.6. The van der Waals surface area contributed by atoms with Crippen LogP contribution in [-0.2, 0) is 30.4 Å². The number of pyridine rings is 3. The molecule has 0 bridgehead atoms. The lowest BCUT2D eigenvalue weighted by Gasteiger charge is -2.17. The molecular weight excluding hydrogens is 472 g/mol. The highest BCUT2D eigenvalue weighted by molar-refractivity contribution is 5.79. The van der Waals surface area contributed by atoms with Gasteiger partial charge < -0.3 is 14.4 Å². The standard InChI is InChI=1S/C21H31N3.C11H15NO2/c1-5-16-13-24(14-17(16)6-2)11-10-19-15(4)12-22-20-9-8-18(7-3)23-21(19)20;1-13-6-4-10-7-9-3-2-5-14-11(9)8-12-10/h8-9,12,16-17H,5-7,10-11,13-14H2,1-4H3;7-8H,2-6H2,1H3. The number of hydrogen-bond donors (Lipinski definition) is 0. The normalized spacial score (nSPS) is 19.1. The van der Waals surface area contributed by atoms with Crippen molar-refractivity contribution in [2.24, 2.45) is 11.8 Å². The summed E-state index contributed by atoms with van der Waals surface area (Å²) in [5.41, 5.74) is 8.37. The minimum absolute atomic E-state index is 0.729. The summed E-state index contributed by atoms with van der Waals surface area (Å²) in [7, 11) is 1.71. The zero-order valence-electron chi connectivity index (χ0n) is 24.1. The first-order valence-electron chi connectivity index (χ1n) is 14.6. The highest BCUT2D eigenvalue weighted by Gasteiger charge is 2.29. The Labute approximate surface area is 229 Å². The van der Waals surface area contributed by atoms with Gasteiger partial charge in [-0.1, -0.05) is 33.6 Å². The van der Waals surface area contributed by atoms with E-state index < -0.39 is 0 Å². The third kappa shape index (κ3) is 7.09. The van der Waals surface area contributed by atoms with Crippen molar-refractivity contribution in [1.82, 2.24) is 19.9 Å². The lowest BCUT2D eigenvalue weighted by molar-refractivity contribution is 0.201. The SMILES string of the molecule is CCc1ccc2ncc(C)c(CCN3CC(CC)C(CC)C3)c2n1.COCCc1cc2c(cn1)OCCC2. The Morgan fingerprint density at radius 2 is 1.79 bits per heavy atom. The Kier molecular flexibility index (Phi) is 10.5. The summed E-state index contributed by atoms with van der Waals surface area (Å²) in [6, 6.07) is 6.36. The highest BCUT2D eigenvalue weighted by Crippen LogP contribution is 2.29. The van der Waals surface area contributed by atoms with Crippen LogP contribution in [0, 0.1) is 18.8 Å². The van der Waals surface area contributed by atoms with Crippen molar-refractivity contribution < 1.29 is 9.47 Å². The average molecular weight is 519 g/mol. The van der Waals surface area contributed by atoms with E-state index in [1.165, 1.54) is 42.6 Å². The first kappa shape index (κ1) is 28.4. The Morgan fingerprint density at radius 1 is 1.00 bits per heavy atom. The number of aryl methyl sites for hydroxylation is 3. The molecular formula is C32H46N4O2. The van der Waals surface area contributed by atoms with Gasteiger partial charge >= 0.3 is 0 Å². The molecule has 1 fully saturated rings. The summed E-state index contributed by atoms with van der Waals surface area (Å²) >= 11 is 0. The molecule has 3 aromatic heterocycles. The van der Waals surface area contributed by atoms with Crippen LogP contribution in [0.15, 0.2) is 30.6 Å². The van der Waals surface area contributed by atoms with Gasteiger partial charge in [0.25, 0.3) is 0 Å². The van der Waals surface area contributed by atoms with Crippen LogP contribution >= 0.6 is 0 Å². The number of rotatable bonds is 9. The quantitative estimate of drug-likeness (QED) is 0.346. The molecule has 3 aromatic rings. The molecule has 2 aliphatic heterocycles. The fraction of sp³-hybridized carbons (Fsp3) is 0.594. The Balaban J connectivity index is 0.000000204. The maximum atomic E-state index is 5.49. The summed E-state index contributed by atoms with van der Waals surface area (Å²) in [5.74, 6) is 2.72. The van der Waals surface area contributed by atoms with Gasteiger partial charge in [-0.2, -0.15) is 0 Å². The van der Waals surface area contributed by atoms with Crippen LogP contribution in [0.3, 0.4) is 0 Å². The van der Waals surface area contributed by atoms with E-state index in [0.717, 1.165) is 91.9 Å². The monoisotopic (exact) mass is 518 g/mol. The lowest BCUT2D eigenvalue weighted by Crippen LogP contribution is -2.24. The summed E-state index contributed by atoms with van der Waals surface area (Å²) in [4.78, 5) is 16.4. The van der Waals surface area contributed by atoms with Crippen LogP contribution in [-0.4, -0.2) is 59.8 Å². The van der Waals surface area contributed by atoms with Crippen molar-refractivity contribution in [1.29, 1.82) is 0 Å². The summed E-state index contributed by atoms with van der Waals surface area (Å²) in [6.07, 6.45) is 11.6. The third-order valence-corrected chi connectivity index (χ3v) is 8.25. The zero-order chi connectivity index (χ0) is 26.9. The second-order valence-electron chi connectivity index (χ2n) is 10.8. The van der Waals surface area contributed by atoms with Crippen LogP contribution in [0.5, 0.6) is 5.75 Å². The Morgan fingerprint density at radius 3 is 2.50 bits per heavy atom. The summed E-state index contributed by atoms with van der Waals surface area (Å²) in [6.45, 7) is 14.3. The predicted molar refractivity (Wildman–Crippen MR) is 155 cm³/mol. The van der Waals surface area contributed by atoms with Gasteiger partial charge in [0, 0.05) is 50.7 Å². The summed E-state index contributed by atoms with van der Waals surface area (Å²) in [5, 5.41) is 0. The minimum atomic E-state index is 0.729. The van der Waals surface area contributed by atoms with E-state index in [1.807, 2.05) is 12.4 Å². The third-order valence-electron chi connectivity index (χ3n) is 8.25. The first-order valence-corrected chi connectivity index (χ1v) is 14.6. The molecule has 1 saturated heterocycles. The average Bonchev–Trinajstić information content (AvgIpc) is 3.38. The van der Waals surface area contributed by atoms with Crippen molar-refractivity contribution in [2.45, 2.75) is 72.6 Å². The predicted octanol–water partition coefficient (Wildman–Crippen LogP) is 6.01. The molecule has 0 N–H and O–H groups in total. The van der Waals surface area contributed by atoms with Gasteiger partial charge in [-0.15, -0.1) is 0 Å². The number of likely N-dealkylation sites (tertiary alicyclic amines) is 1. The topological polar surface area (TPSA) is 60.4 Å². The van der Waals surface area contributed by atoms with Gasteiger partial charge in [-0.3, -0.25) is 15.0 Å². The number of hydrogen-bond acceptors (Lipinski definition) is 6. The molecule has 0 saturated carbocycles. The Bertz CT molecular complexity index is 1170. The second kappa shape index (κ2) is 14.0. The van der Waals surface area contributed by atoms with Gasteiger partial charge in [0.05, 0.1) is 30.4 Å². The van der Waals surface area contributed by atoms with Crippen LogP contribution in [0.2, 0.25) is 0 Å². The second-order valence-corrected chi connectivity index (χ2v) is 10.8. The van der Waals surface area contributed by atoms with Crippen LogP contribution in [0.4, 0.5) is 0 Å². The minimum Gasteiger partial charge on any atom is -0.492 e. The van der Waals surface area contributed by atoms with Gasteiger partial charge in [0.1, 0.15) is 5.75 Å². The van der Waals surface area contributed by atoms with E-state index in [-0.39, 0.29) is 0 Å². The number of nitrogens with zero attached hydrogens (tertiary/aromatic N) is 4. The fourth-order valence-corrected chi connectivity index (χ4v) is 5.82. The van der Waals surface area contributed by atoms with Crippen LogP contribution in [0.25, 0.3) is 11.0 Å². The molecule has 0 aromatic carbocycles. The van der Waals surface area contributed by atoms with E-state index in [4.69, 9.17) is 14.5 Å².